The number of nitrogen functional groups attached to an aromatic ring is 1. The van der Waals surface area contributed by atoms with Crippen LogP contribution in [0.4, 0.5) is 11.6 Å². The maximum Gasteiger partial charge on any atom is 0.264 e. The number of thiazole rings is 1. The number of amides is 1. The lowest BCUT2D eigenvalue weighted by Crippen LogP contribution is -2.32. The number of para-hydroxylation sites is 1. The number of aromatic nitrogens is 4. The van der Waals surface area contributed by atoms with E-state index in [1.54, 1.807) is 17.7 Å². The zero-order valence-corrected chi connectivity index (χ0v) is 23.7. The molecule has 1 atom stereocenters. The van der Waals surface area contributed by atoms with E-state index in [1.165, 1.54) is 16.0 Å². The number of hydrogen-bond acceptors (Lipinski definition) is 7. The number of aryl methyl sites for hydroxylation is 2. The highest BCUT2D eigenvalue weighted by atomic mass is 32.1. The van der Waals surface area contributed by atoms with E-state index >= 15 is 0 Å². The Kier molecular flexibility index (Phi) is 7.72. The van der Waals surface area contributed by atoms with Gasteiger partial charge in [0.15, 0.2) is 5.82 Å². The Morgan fingerprint density at radius 1 is 1.20 bits per heavy atom. The second-order valence-electron chi connectivity index (χ2n) is 9.41. The van der Waals surface area contributed by atoms with Crippen molar-refractivity contribution >= 4 is 39.7 Å². The molecule has 4 N–H and O–H groups in total. The van der Waals surface area contributed by atoms with Crippen molar-refractivity contribution in [1.29, 1.82) is 0 Å². The molecule has 0 fully saturated rings. The van der Waals surface area contributed by atoms with Crippen LogP contribution in [-0.4, -0.2) is 31.8 Å². The van der Waals surface area contributed by atoms with Gasteiger partial charge < -0.3 is 16.4 Å². The number of carbonyl (C=O) groups is 1. The lowest BCUT2D eigenvalue weighted by Gasteiger charge is -2.21. The van der Waals surface area contributed by atoms with E-state index in [-0.39, 0.29) is 16.9 Å². The Labute approximate surface area is 241 Å². The molecule has 0 spiro atoms. The van der Waals surface area contributed by atoms with Crippen LogP contribution < -0.4 is 21.9 Å². The van der Waals surface area contributed by atoms with Crippen LogP contribution in [0.3, 0.4) is 0 Å². The highest BCUT2D eigenvalue weighted by molar-refractivity contribution is 7.09. The van der Waals surface area contributed by atoms with Crippen LogP contribution >= 0.6 is 11.3 Å². The van der Waals surface area contributed by atoms with E-state index < -0.39 is 11.9 Å². The van der Waals surface area contributed by atoms with Crippen LogP contribution in [0.2, 0.25) is 0 Å². The van der Waals surface area contributed by atoms with Crippen molar-refractivity contribution in [3.05, 3.63) is 111 Å². The molecule has 0 radical (unpaired) electrons. The first-order valence-electron chi connectivity index (χ1n) is 12.9. The first-order valence-corrected chi connectivity index (χ1v) is 13.8. The molecular formula is C31H29N7O2S. The molecule has 5 aromatic rings. The molecule has 2 aromatic carbocycles. The molecule has 10 heteroatoms. The smallest absolute Gasteiger partial charge is 0.264 e. The van der Waals surface area contributed by atoms with E-state index in [0.29, 0.717) is 45.8 Å². The zero-order valence-electron chi connectivity index (χ0n) is 22.9. The number of hydrogen-bond donors (Lipinski definition) is 3. The summed E-state index contributed by atoms with van der Waals surface area (Å²) in [5.41, 5.74) is 8.64. The van der Waals surface area contributed by atoms with Crippen molar-refractivity contribution in [3.63, 3.8) is 0 Å². The van der Waals surface area contributed by atoms with Gasteiger partial charge in [-0.15, -0.1) is 17.9 Å². The monoisotopic (exact) mass is 563 g/mol. The van der Waals surface area contributed by atoms with Crippen molar-refractivity contribution in [2.45, 2.75) is 19.9 Å². The van der Waals surface area contributed by atoms with Gasteiger partial charge in [-0.1, -0.05) is 42.3 Å². The first kappa shape index (κ1) is 27.4. The predicted octanol–water partition coefficient (Wildman–Crippen LogP) is 4.56. The Morgan fingerprint density at radius 2 is 1.98 bits per heavy atom. The predicted molar refractivity (Wildman–Crippen MR) is 165 cm³/mol. The number of nitrogens with two attached hydrogens (primary N) is 1. The van der Waals surface area contributed by atoms with Crippen molar-refractivity contribution in [2.24, 2.45) is 7.05 Å². The topological polar surface area (TPSA) is 120 Å². The lowest BCUT2D eigenvalue weighted by atomic mass is 10.0. The fourth-order valence-corrected chi connectivity index (χ4v) is 5.23. The molecule has 1 unspecified atom stereocenters. The van der Waals surface area contributed by atoms with Crippen LogP contribution in [0, 0.1) is 18.8 Å². The van der Waals surface area contributed by atoms with Gasteiger partial charge >= 0.3 is 0 Å². The molecule has 9 nitrogen and oxygen atoms in total. The van der Waals surface area contributed by atoms with Crippen LogP contribution in [0.1, 0.15) is 45.3 Å². The maximum absolute atomic E-state index is 14.2. The van der Waals surface area contributed by atoms with E-state index in [4.69, 9.17) is 5.73 Å². The minimum atomic E-state index is -0.570. The molecule has 0 saturated heterocycles. The molecule has 1 amide bonds. The number of carbonyl (C=O) groups excluding carboxylic acids is 1. The summed E-state index contributed by atoms with van der Waals surface area (Å²) in [6.07, 6.45) is 1.68. The largest absolute Gasteiger partial charge is 0.381 e. The number of anilines is 2. The first-order chi connectivity index (χ1) is 19.8. The second-order valence-corrected chi connectivity index (χ2v) is 10.5. The fourth-order valence-electron chi connectivity index (χ4n) is 4.68. The zero-order chi connectivity index (χ0) is 29.1. The summed E-state index contributed by atoms with van der Waals surface area (Å²) in [6.45, 7) is 7.90. The minimum absolute atomic E-state index is 0.0984. The SMILES string of the molecule is C=CCNc1c(C(=O)NC(C)c2cc3cccc(C#Cc4csc(C)n4)c3c(=O)n2-c2ccccc2)c(N)nn1C. The number of rotatable bonds is 7. The van der Waals surface area contributed by atoms with E-state index in [9.17, 15) is 9.59 Å². The lowest BCUT2D eigenvalue weighted by molar-refractivity contribution is 0.0940. The molecule has 3 aromatic heterocycles. The maximum atomic E-state index is 14.2. The summed E-state index contributed by atoms with van der Waals surface area (Å²) in [5, 5.41) is 14.4. The third kappa shape index (κ3) is 5.48. The van der Waals surface area contributed by atoms with Crippen LogP contribution in [0.25, 0.3) is 16.5 Å². The van der Waals surface area contributed by atoms with Gasteiger partial charge in [-0.05, 0) is 49.4 Å². The van der Waals surface area contributed by atoms with Crippen molar-refractivity contribution < 1.29 is 4.79 Å². The van der Waals surface area contributed by atoms with Gasteiger partial charge in [0.2, 0.25) is 0 Å². The number of nitrogens with zero attached hydrogens (tertiary/aromatic N) is 4. The van der Waals surface area contributed by atoms with Crippen LogP contribution in [0.5, 0.6) is 0 Å². The fraction of sp³-hybridized carbons (Fsp3) is 0.161. The summed E-state index contributed by atoms with van der Waals surface area (Å²) in [6, 6.07) is 16.2. The van der Waals surface area contributed by atoms with Gasteiger partial charge in [-0.3, -0.25) is 18.8 Å². The molecule has 3 heterocycles. The second kappa shape index (κ2) is 11.5. The van der Waals surface area contributed by atoms with E-state index in [0.717, 1.165) is 5.01 Å². The minimum Gasteiger partial charge on any atom is -0.381 e. The summed E-state index contributed by atoms with van der Waals surface area (Å²) in [5.74, 6) is 6.38. The van der Waals surface area contributed by atoms with Crippen molar-refractivity contribution in [2.75, 3.05) is 17.6 Å². The standard InChI is InChI=1S/C31H29N7O2S/c1-5-16-33-29-27(28(32)36-37(29)4)30(39)34-19(2)25-17-22-11-9-10-21(14-15-23-18-41-20(3)35-23)26(22)31(40)38(25)24-12-7-6-8-13-24/h5-13,17-19,33H,1,16H2,2-4H3,(H2,32,36)(H,34,39). The van der Waals surface area contributed by atoms with Crippen LogP contribution in [-0.2, 0) is 7.05 Å². The third-order valence-corrected chi connectivity index (χ3v) is 7.31. The number of nitrogens with one attached hydrogen (secondary N) is 2. The Morgan fingerprint density at radius 3 is 2.68 bits per heavy atom. The highest BCUT2D eigenvalue weighted by Gasteiger charge is 2.25. The van der Waals surface area contributed by atoms with Gasteiger partial charge in [-0.2, -0.15) is 5.10 Å². The molecule has 0 aliphatic heterocycles. The molecule has 0 aliphatic carbocycles. The quantitative estimate of drug-likeness (QED) is 0.197. The molecule has 0 saturated carbocycles. The average molecular weight is 564 g/mol. The van der Waals surface area contributed by atoms with Gasteiger partial charge in [0.1, 0.15) is 17.1 Å². The third-order valence-electron chi connectivity index (χ3n) is 6.54. The van der Waals surface area contributed by atoms with Gasteiger partial charge in [0, 0.05) is 35.9 Å². The molecule has 0 aliphatic rings. The Bertz CT molecular complexity index is 1890. The molecule has 0 bridgehead atoms. The number of benzene rings is 2. The summed E-state index contributed by atoms with van der Waals surface area (Å²) >= 11 is 1.53. The van der Waals surface area contributed by atoms with E-state index in [2.05, 4.69) is 39.1 Å². The molecule has 5 rings (SSSR count). The summed E-state index contributed by atoms with van der Waals surface area (Å²) in [7, 11) is 1.70. The Balaban J connectivity index is 1.62. The summed E-state index contributed by atoms with van der Waals surface area (Å²) < 4.78 is 3.14. The normalized spacial score (nSPS) is 11.5. The number of fused-ring (bicyclic) bond motifs is 1. The van der Waals surface area contributed by atoms with Crippen LogP contribution in [0.15, 0.2) is 77.4 Å². The van der Waals surface area contributed by atoms with E-state index in [1.807, 2.05) is 73.8 Å². The summed E-state index contributed by atoms with van der Waals surface area (Å²) in [4.78, 5) is 32.1. The van der Waals surface area contributed by atoms with Gasteiger partial charge in [-0.25, -0.2) is 4.98 Å². The van der Waals surface area contributed by atoms with Crippen molar-refractivity contribution in [3.8, 4) is 17.5 Å². The molecule has 206 valence electrons. The number of pyridine rings is 1. The van der Waals surface area contributed by atoms with Gasteiger partial charge in [0.05, 0.1) is 16.4 Å². The average Bonchev–Trinajstić information content (AvgIpc) is 3.51. The highest BCUT2D eigenvalue weighted by Crippen LogP contribution is 2.26. The molecule has 41 heavy (non-hydrogen) atoms. The van der Waals surface area contributed by atoms with Gasteiger partial charge in [0.25, 0.3) is 11.5 Å². The molecular weight excluding hydrogens is 534 g/mol. The Hall–Kier alpha value is -5.14. The van der Waals surface area contributed by atoms with Crippen molar-refractivity contribution in [1.82, 2.24) is 24.6 Å².